The molecule has 4 rings (SSSR count). The summed E-state index contributed by atoms with van der Waals surface area (Å²) in [7, 11) is 1.31. The maximum absolute atomic E-state index is 13.4. The Bertz CT molecular complexity index is 1120. The lowest BCUT2D eigenvalue weighted by Crippen LogP contribution is -2.40. The highest BCUT2D eigenvalue weighted by Crippen LogP contribution is 2.29. The van der Waals surface area contributed by atoms with Crippen LogP contribution in [0.25, 0.3) is 16.9 Å². The maximum atomic E-state index is 13.4. The third-order valence-corrected chi connectivity index (χ3v) is 5.74. The minimum Gasteiger partial charge on any atom is -0.468 e. The summed E-state index contributed by atoms with van der Waals surface area (Å²) in [6.45, 7) is -0.0649. The van der Waals surface area contributed by atoms with E-state index in [1.807, 2.05) is 0 Å². The number of imidazole rings is 1. The summed E-state index contributed by atoms with van der Waals surface area (Å²) in [6.07, 6.45) is 5.27. The van der Waals surface area contributed by atoms with E-state index in [2.05, 4.69) is 15.6 Å². The van der Waals surface area contributed by atoms with Gasteiger partial charge < -0.3 is 21.1 Å². The van der Waals surface area contributed by atoms with Crippen LogP contribution in [0.5, 0.6) is 0 Å². The first-order chi connectivity index (χ1) is 15.4. The molecule has 32 heavy (non-hydrogen) atoms. The number of aromatic nitrogens is 2. The molecule has 0 aliphatic heterocycles. The number of hydrogen-bond acceptors (Lipinski definition) is 6. The molecular weight excluding hydrogens is 413 g/mol. The molecule has 168 valence electrons. The quantitative estimate of drug-likeness (QED) is 0.510. The molecule has 1 fully saturated rings. The van der Waals surface area contributed by atoms with E-state index >= 15 is 0 Å². The number of hydrogen-bond donors (Lipinski definition) is 3. The number of nitrogens with zero attached hydrogens (tertiary/aromatic N) is 2. The molecule has 3 aromatic rings. The Morgan fingerprint density at radius 2 is 1.91 bits per heavy atom. The highest BCUT2D eigenvalue weighted by Gasteiger charge is 2.22. The first-order valence-electron chi connectivity index (χ1n) is 10.6. The van der Waals surface area contributed by atoms with E-state index in [1.165, 1.54) is 19.2 Å². The van der Waals surface area contributed by atoms with Gasteiger partial charge in [-0.25, -0.2) is 9.37 Å². The number of rotatable bonds is 6. The van der Waals surface area contributed by atoms with Crippen molar-refractivity contribution in [1.82, 2.24) is 14.7 Å². The molecule has 1 aliphatic rings. The first-order valence-corrected chi connectivity index (χ1v) is 10.6. The van der Waals surface area contributed by atoms with Gasteiger partial charge in [0, 0.05) is 29.4 Å². The number of amides is 1. The molecule has 2 aromatic heterocycles. The minimum atomic E-state index is -0.437. The molecule has 1 saturated carbocycles. The number of anilines is 1. The zero-order valence-electron chi connectivity index (χ0n) is 17.8. The zero-order valence-corrected chi connectivity index (χ0v) is 17.8. The summed E-state index contributed by atoms with van der Waals surface area (Å²) in [5.41, 5.74) is 8.17. The summed E-state index contributed by atoms with van der Waals surface area (Å²) < 4.78 is 19.9. The highest BCUT2D eigenvalue weighted by molar-refractivity contribution is 5.95. The Labute approximate surface area is 185 Å². The molecule has 0 bridgehead atoms. The fraction of sp³-hybridized carbons (Fsp3) is 0.348. The largest absolute Gasteiger partial charge is 0.468 e. The lowest BCUT2D eigenvalue weighted by molar-refractivity contribution is -0.138. The molecule has 1 amide bonds. The number of ether oxygens (including phenoxy) is 1. The molecule has 0 saturated heterocycles. The molecule has 0 unspecified atom stereocenters. The van der Waals surface area contributed by atoms with E-state index in [-0.39, 0.29) is 30.4 Å². The summed E-state index contributed by atoms with van der Waals surface area (Å²) in [6, 6.07) is 9.65. The van der Waals surface area contributed by atoms with Crippen molar-refractivity contribution in [2.45, 2.75) is 37.8 Å². The standard InChI is InChI=1S/C23H26FN5O3/c1-32-20(30)13-26-22-21(14-2-4-16(24)5-3-14)28-19-12-15(10-11-29(19)22)23(31)27-18-8-6-17(25)7-9-18/h2-5,10-12,17-18,26H,6-9,13,25H2,1H3,(H,27,31). The molecule has 1 aliphatic carbocycles. The van der Waals surface area contributed by atoms with E-state index in [4.69, 9.17) is 10.5 Å². The number of halogens is 1. The van der Waals surface area contributed by atoms with Crippen LogP contribution in [0.2, 0.25) is 0 Å². The van der Waals surface area contributed by atoms with Gasteiger partial charge >= 0.3 is 5.97 Å². The SMILES string of the molecule is COC(=O)CNc1c(-c2ccc(F)cc2)nc2cc(C(=O)NC3CCC(N)CC3)ccn12. The Morgan fingerprint density at radius 1 is 1.19 bits per heavy atom. The van der Waals surface area contributed by atoms with Crippen LogP contribution in [0.1, 0.15) is 36.0 Å². The third kappa shape index (κ3) is 4.72. The fourth-order valence-electron chi connectivity index (χ4n) is 3.92. The van der Waals surface area contributed by atoms with Gasteiger partial charge in [-0.2, -0.15) is 0 Å². The van der Waals surface area contributed by atoms with E-state index < -0.39 is 5.97 Å². The van der Waals surface area contributed by atoms with Gasteiger partial charge in [-0.05, 0) is 62.1 Å². The van der Waals surface area contributed by atoms with Crippen LogP contribution in [-0.2, 0) is 9.53 Å². The molecule has 9 heteroatoms. The Hall–Kier alpha value is -3.46. The van der Waals surface area contributed by atoms with Gasteiger partial charge in [0.05, 0.1) is 7.11 Å². The van der Waals surface area contributed by atoms with Crippen LogP contribution < -0.4 is 16.4 Å². The maximum Gasteiger partial charge on any atom is 0.325 e. The van der Waals surface area contributed by atoms with E-state index in [0.717, 1.165) is 25.7 Å². The molecule has 0 spiro atoms. The number of fused-ring (bicyclic) bond motifs is 1. The van der Waals surface area contributed by atoms with Crippen LogP contribution in [0.3, 0.4) is 0 Å². The van der Waals surface area contributed by atoms with Crippen molar-refractivity contribution >= 4 is 23.3 Å². The summed E-state index contributed by atoms with van der Waals surface area (Å²) in [4.78, 5) is 29.1. The summed E-state index contributed by atoms with van der Waals surface area (Å²) >= 11 is 0. The Balaban J connectivity index is 1.64. The van der Waals surface area contributed by atoms with Crippen molar-refractivity contribution < 1.29 is 18.7 Å². The van der Waals surface area contributed by atoms with Crippen LogP contribution in [0.4, 0.5) is 10.2 Å². The van der Waals surface area contributed by atoms with Crippen LogP contribution in [-0.4, -0.2) is 47.0 Å². The number of pyridine rings is 1. The molecule has 2 heterocycles. The second-order valence-corrected chi connectivity index (χ2v) is 7.97. The van der Waals surface area contributed by atoms with Crippen molar-refractivity contribution in [3.05, 3.63) is 54.0 Å². The van der Waals surface area contributed by atoms with Gasteiger partial charge in [-0.15, -0.1) is 0 Å². The van der Waals surface area contributed by atoms with Crippen molar-refractivity contribution in [1.29, 1.82) is 0 Å². The van der Waals surface area contributed by atoms with Gasteiger partial charge in [0.2, 0.25) is 0 Å². The lowest BCUT2D eigenvalue weighted by atomic mass is 9.91. The van der Waals surface area contributed by atoms with Gasteiger partial charge in [0.1, 0.15) is 29.5 Å². The lowest BCUT2D eigenvalue weighted by Gasteiger charge is -2.26. The van der Waals surface area contributed by atoms with Gasteiger partial charge in [-0.1, -0.05) is 0 Å². The van der Waals surface area contributed by atoms with Gasteiger partial charge in [0.25, 0.3) is 5.91 Å². The van der Waals surface area contributed by atoms with E-state index in [0.29, 0.717) is 28.3 Å². The Morgan fingerprint density at radius 3 is 2.59 bits per heavy atom. The Kier molecular flexibility index (Phi) is 6.36. The number of carbonyl (C=O) groups excluding carboxylic acids is 2. The smallest absolute Gasteiger partial charge is 0.325 e. The molecule has 4 N–H and O–H groups in total. The number of esters is 1. The van der Waals surface area contributed by atoms with Gasteiger partial charge in [-0.3, -0.25) is 14.0 Å². The summed E-state index contributed by atoms with van der Waals surface area (Å²) in [5, 5.41) is 6.12. The zero-order chi connectivity index (χ0) is 22.7. The number of carbonyl (C=O) groups is 2. The molecule has 8 nitrogen and oxygen atoms in total. The first kappa shape index (κ1) is 21.8. The highest BCUT2D eigenvalue weighted by atomic mass is 19.1. The molecule has 1 aromatic carbocycles. The predicted octanol–water partition coefficient (Wildman–Crippen LogP) is 2.73. The fourth-order valence-corrected chi connectivity index (χ4v) is 3.92. The van der Waals surface area contributed by atoms with E-state index in [9.17, 15) is 14.0 Å². The topological polar surface area (TPSA) is 111 Å². The van der Waals surface area contributed by atoms with Crippen LogP contribution in [0, 0.1) is 5.82 Å². The van der Waals surface area contributed by atoms with Crippen molar-refractivity contribution in [2.24, 2.45) is 5.73 Å². The second kappa shape index (κ2) is 9.35. The predicted molar refractivity (Wildman–Crippen MR) is 119 cm³/mol. The monoisotopic (exact) mass is 439 g/mol. The average Bonchev–Trinajstić information content (AvgIpc) is 3.17. The minimum absolute atomic E-state index is 0.0649. The second-order valence-electron chi connectivity index (χ2n) is 7.97. The average molecular weight is 439 g/mol. The molecular formula is C23H26FN5O3. The number of nitrogens with two attached hydrogens (primary N) is 1. The number of benzene rings is 1. The van der Waals surface area contributed by atoms with Crippen molar-refractivity contribution in [2.75, 3.05) is 19.0 Å². The molecule has 0 radical (unpaired) electrons. The van der Waals surface area contributed by atoms with Gasteiger partial charge in [0.15, 0.2) is 0 Å². The van der Waals surface area contributed by atoms with Crippen molar-refractivity contribution in [3.63, 3.8) is 0 Å². The molecule has 0 atom stereocenters. The summed E-state index contributed by atoms with van der Waals surface area (Å²) in [5.74, 6) is -0.411. The van der Waals surface area contributed by atoms with Crippen LogP contribution in [0.15, 0.2) is 42.6 Å². The van der Waals surface area contributed by atoms with Crippen molar-refractivity contribution in [3.8, 4) is 11.3 Å². The number of methoxy groups -OCH3 is 1. The van der Waals surface area contributed by atoms with Crippen LogP contribution >= 0.6 is 0 Å². The third-order valence-electron chi connectivity index (χ3n) is 5.74. The van der Waals surface area contributed by atoms with E-state index in [1.54, 1.807) is 34.9 Å². The number of nitrogens with one attached hydrogen (secondary N) is 2. The normalized spacial score (nSPS) is 18.3.